The number of hydrogen-bond acceptors (Lipinski definition) is 3. The average Bonchev–Trinajstić information content (AvgIpc) is 3.06. The lowest BCUT2D eigenvalue weighted by Gasteiger charge is -2.17. The minimum Gasteiger partial charge on any atom is -0.496 e. The molecule has 3 N–H and O–H groups in total. The van der Waals surface area contributed by atoms with Crippen LogP contribution in [0.25, 0.3) is 11.3 Å². The molecule has 0 spiro atoms. The number of benzene rings is 2. The van der Waals surface area contributed by atoms with E-state index in [1.807, 2.05) is 48.5 Å². The van der Waals surface area contributed by atoms with E-state index in [0.29, 0.717) is 11.6 Å². The number of aromatic amines is 1. The van der Waals surface area contributed by atoms with Crippen LogP contribution >= 0.6 is 11.6 Å². The van der Waals surface area contributed by atoms with E-state index in [9.17, 15) is 0 Å². The van der Waals surface area contributed by atoms with Crippen molar-refractivity contribution in [1.82, 2.24) is 10.2 Å². The zero-order chi connectivity index (χ0) is 16.2. The van der Waals surface area contributed by atoms with Gasteiger partial charge in [0.05, 0.1) is 12.8 Å². The third kappa shape index (κ3) is 3.23. The van der Waals surface area contributed by atoms with Crippen molar-refractivity contribution < 1.29 is 4.74 Å². The Kier molecular flexibility index (Phi) is 4.65. The van der Waals surface area contributed by atoms with Crippen molar-refractivity contribution in [2.24, 2.45) is 5.73 Å². The van der Waals surface area contributed by atoms with Gasteiger partial charge in [0.2, 0.25) is 0 Å². The maximum Gasteiger partial charge on any atom is 0.122 e. The number of nitrogens with one attached hydrogen (secondary N) is 1. The monoisotopic (exact) mass is 327 g/mol. The second kappa shape index (κ2) is 6.86. The molecule has 0 saturated heterocycles. The number of aromatic nitrogens is 2. The molecule has 23 heavy (non-hydrogen) atoms. The second-order valence-corrected chi connectivity index (χ2v) is 5.69. The van der Waals surface area contributed by atoms with Crippen molar-refractivity contribution in [1.29, 1.82) is 0 Å². The van der Waals surface area contributed by atoms with Crippen LogP contribution in [-0.2, 0) is 0 Å². The number of H-pyrrole nitrogens is 1. The zero-order valence-corrected chi connectivity index (χ0v) is 13.5. The van der Waals surface area contributed by atoms with Crippen LogP contribution in [0.3, 0.4) is 0 Å². The molecule has 5 heteroatoms. The summed E-state index contributed by atoms with van der Waals surface area (Å²) in [6.45, 7) is 0.424. The van der Waals surface area contributed by atoms with E-state index in [1.54, 1.807) is 13.2 Å². The standard InChI is InChI=1S/C18H18ClN3O/c1-23-18-8-7-13(19)9-14(18)15(11-20)17-10-16(21-22-17)12-5-3-2-4-6-12/h2-10,15H,11,20H2,1H3,(H,21,22). The number of halogens is 1. The van der Waals surface area contributed by atoms with Crippen LogP contribution in [0.2, 0.25) is 5.02 Å². The van der Waals surface area contributed by atoms with E-state index in [0.717, 1.165) is 28.3 Å². The van der Waals surface area contributed by atoms with Gasteiger partial charge in [0.1, 0.15) is 5.75 Å². The first-order valence-electron chi connectivity index (χ1n) is 7.37. The van der Waals surface area contributed by atoms with Crippen molar-refractivity contribution in [3.05, 3.63) is 70.9 Å². The molecule has 118 valence electrons. The highest BCUT2D eigenvalue weighted by molar-refractivity contribution is 6.30. The fraction of sp³-hybridized carbons (Fsp3) is 0.167. The van der Waals surface area contributed by atoms with Crippen LogP contribution in [-0.4, -0.2) is 23.9 Å². The summed E-state index contributed by atoms with van der Waals surface area (Å²) in [7, 11) is 1.64. The molecule has 0 radical (unpaired) electrons. The Bertz CT molecular complexity index is 786. The van der Waals surface area contributed by atoms with Crippen LogP contribution in [0.15, 0.2) is 54.6 Å². The van der Waals surface area contributed by atoms with Crippen molar-refractivity contribution in [3.63, 3.8) is 0 Å². The molecule has 0 amide bonds. The molecule has 4 nitrogen and oxygen atoms in total. The molecule has 1 heterocycles. The van der Waals surface area contributed by atoms with Gasteiger partial charge in [-0.3, -0.25) is 5.10 Å². The fourth-order valence-electron chi connectivity index (χ4n) is 2.67. The first kappa shape index (κ1) is 15.6. The summed E-state index contributed by atoms with van der Waals surface area (Å²) in [6, 6.07) is 17.6. The highest BCUT2D eigenvalue weighted by Crippen LogP contribution is 2.33. The van der Waals surface area contributed by atoms with E-state index in [4.69, 9.17) is 22.1 Å². The third-order valence-corrected chi connectivity index (χ3v) is 4.08. The molecular formula is C18H18ClN3O. The SMILES string of the molecule is COc1ccc(Cl)cc1C(CN)c1cc(-c2ccccc2)n[nH]1. The van der Waals surface area contributed by atoms with Gasteiger partial charge in [-0.1, -0.05) is 41.9 Å². The Hall–Kier alpha value is -2.30. The number of nitrogens with zero attached hydrogens (tertiary/aromatic N) is 1. The van der Waals surface area contributed by atoms with Gasteiger partial charge in [0.15, 0.2) is 0 Å². The Morgan fingerprint density at radius 2 is 1.96 bits per heavy atom. The van der Waals surface area contributed by atoms with Gasteiger partial charge in [-0.05, 0) is 24.3 Å². The topological polar surface area (TPSA) is 63.9 Å². The quantitative estimate of drug-likeness (QED) is 0.748. The molecule has 0 bridgehead atoms. The van der Waals surface area contributed by atoms with Gasteiger partial charge < -0.3 is 10.5 Å². The molecule has 0 saturated carbocycles. The fourth-order valence-corrected chi connectivity index (χ4v) is 2.85. The summed E-state index contributed by atoms with van der Waals surface area (Å²) in [5.74, 6) is 0.703. The number of rotatable bonds is 5. The van der Waals surface area contributed by atoms with Gasteiger partial charge in [0, 0.05) is 34.3 Å². The predicted octanol–water partition coefficient (Wildman–Crippen LogP) is 3.83. The highest BCUT2D eigenvalue weighted by atomic mass is 35.5. The Morgan fingerprint density at radius 1 is 1.17 bits per heavy atom. The number of nitrogens with two attached hydrogens (primary N) is 1. The summed E-state index contributed by atoms with van der Waals surface area (Å²) in [6.07, 6.45) is 0. The maximum absolute atomic E-state index is 6.14. The van der Waals surface area contributed by atoms with Gasteiger partial charge in [-0.2, -0.15) is 5.10 Å². The summed E-state index contributed by atoms with van der Waals surface area (Å²) in [5, 5.41) is 8.15. The maximum atomic E-state index is 6.14. The smallest absolute Gasteiger partial charge is 0.122 e. The minimum atomic E-state index is -0.0615. The van der Waals surface area contributed by atoms with Gasteiger partial charge in [-0.15, -0.1) is 0 Å². The highest BCUT2D eigenvalue weighted by Gasteiger charge is 2.20. The van der Waals surface area contributed by atoms with E-state index in [2.05, 4.69) is 10.2 Å². The van der Waals surface area contributed by atoms with E-state index < -0.39 is 0 Å². The van der Waals surface area contributed by atoms with Crippen molar-refractivity contribution in [2.75, 3.05) is 13.7 Å². The molecule has 1 unspecified atom stereocenters. The predicted molar refractivity (Wildman–Crippen MR) is 92.9 cm³/mol. The van der Waals surface area contributed by atoms with Crippen LogP contribution in [0.5, 0.6) is 5.75 Å². The Balaban J connectivity index is 1.99. The normalized spacial score (nSPS) is 12.1. The van der Waals surface area contributed by atoms with Crippen LogP contribution in [0.4, 0.5) is 0 Å². The van der Waals surface area contributed by atoms with E-state index in [1.165, 1.54) is 0 Å². The van der Waals surface area contributed by atoms with Crippen molar-refractivity contribution in [2.45, 2.75) is 5.92 Å². The summed E-state index contributed by atoms with van der Waals surface area (Å²) in [4.78, 5) is 0. The first-order valence-corrected chi connectivity index (χ1v) is 7.75. The van der Waals surface area contributed by atoms with E-state index in [-0.39, 0.29) is 5.92 Å². The number of methoxy groups -OCH3 is 1. The molecule has 0 aliphatic carbocycles. The van der Waals surface area contributed by atoms with Crippen LogP contribution in [0.1, 0.15) is 17.2 Å². The van der Waals surface area contributed by atoms with Gasteiger partial charge >= 0.3 is 0 Å². The molecule has 1 aromatic heterocycles. The van der Waals surface area contributed by atoms with Gasteiger partial charge in [-0.25, -0.2) is 0 Å². The molecule has 1 atom stereocenters. The summed E-state index contributed by atoms with van der Waals surface area (Å²) >= 11 is 6.14. The molecule has 2 aromatic carbocycles. The largest absolute Gasteiger partial charge is 0.496 e. The Morgan fingerprint density at radius 3 is 2.65 bits per heavy atom. The van der Waals surface area contributed by atoms with Crippen LogP contribution < -0.4 is 10.5 Å². The summed E-state index contributed by atoms with van der Waals surface area (Å²) in [5.41, 5.74) is 9.85. The zero-order valence-electron chi connectivity index (χ0n) is 12.8. The van der Waals surface area contributed by atoms with E-state index >= 15 is 0 Å². The molecule has 0 aliphatic heterocycles. The van der Waals surface area contributed by atoms with Crippen molar-refractivity contribution >= 4 is 11.6 Å². The van der Waals surface area contributed by atoms with Crippen LogP contribution in [0, 0.1) is 0 Å². The Labute approximate surface area is 140 Å². The average molecular weight is 328 g/mol. The lowest BCUT2D eigenvalue weighted by Crippen LogP contribution is -2.15. The van der Waals surface area contributed by atoms with Crippen molar-refractivity contribution in [3.8, 4) is 17.0 Å². The lowest BCUT2D eigenvalue weighted by atomic mass is 9.94. The number of hydrogen-bond donors (Lipinski definition) is 2. The molecular weight excluding hydrogens is 310 g/mol. The summed E-state index contributed by atoms with van der Waals surface area (Å²) < 4.78 is 5.45. The third-order valence-electron chi connectivity index (χ3n) is 3.85. The number of ether oxygens (including phenoxy) is 1. The molecule has 0 aliphatic rings. The molecule has 0 fully saturated rings. The lowest BCUT2D eigenvalue weighted by molar-refractivity contribution is 0.407. The molecule has 3 aromatic rings. The minimum absolute atomic E-state index is 0.0615. The first-order chi connectivity index (χ1) is 11.2. The second-order valence-electron chi connectivity index (χ2n) is 5.25. The molecule has 3 rings (SSSR count). The van der Waals surface area contributed by atoms with Gasteiger partial charge in [0.25, 0.3) is 0 Å².